The Balaban J connectivity index is 2.37. The second-order valence-corrected chi connectivity index (χ2v) is 19.3. The van der Waals surface area contributed by atoms with E-state index in [0.29, 0.717) is 10.4 Å². The lowest BCUT2D eigenvalue weighted by atomic mass is 10.2. The van der Waals surface area contributed by atoms with E-state index in [1.54, 1.807) is 0 Å². The first-order valence-electron chi connectivity index (χ1n) is 9.54. The minimum atomic E-state index is -2.23. The summed E-state index contributed by atoms with van der Waals surface area (Å²) in [5, 5.41) is 32.4. The van der Waals surface area contributed by atoms with Crippen molar-refractivity contribution in [1.82, 2.24) is 19.6 Å². The summed E-state index contributed by atoms with van der Waals surface area (Å²) in [6, 6.07) is 0. The minimum absolute atomic E-state index is 0.0817. The van der Waals surface area contributed by atoms with Crippen molar-refractivity contribution in [3.63, 3.8) is 0 Å². The molecule has 0 aliphatic carbocycles. The maximum atomic E-state index is 12.4. The highest BCUT2D eigenvalue weighted by molar-refractivity contribution is 6.90. The van der Waals surface area contributed by atoms with Crippen LogP contribution in [0.25, 0.3) is 0 Å². The third-order valence-corrected chi connectivity index (χ3v) is 9.09. The van der Waals surface area contributed by atoms with Gasteiger partial charge in [0, 0.05) is 0 Å². The molecule has 2 unspecified atom stereocenters. The van der Waals surface area contributed by atoms with Gasteiger partial charge in [0.2, 0.25) is 0 Å². The average molecular weight is 453 g/mol. The van der Waals surface area contributed by atoms with Gasteiger partial charge in [-0.1, -0.05) is 39.3 Å². The predicted octanol–water partition coefficient (Wildman–Crippen LogP) is 0.135. The molecule has 2 N–H and O–H groups in total. The number of aliphatic hydroxyl groups excluding tert-OH is 2. The number of nitrogens with zero attached hydrogens (tertiary/aromatic N) is 4. The first-order chi connectivity index (χ1) is 13.8. The molecule has 0 saturated carbocycles. The summed E-state index contributed by atoms with van der Waals surface area (Å²) in [6.45, 7) is 12.0. The second-order valence-electron chi connectivity index (χ2n) is 9.34. The lowest BCUT2D eigenvalue weighted by molar-refractivity contribution is 0.0421. The lowest BCUT2D eigenvalue weighted by Crippen LogP contribution is -2.48. The molecule has 10 nitrogen and oxygen atoms in total. The van der Waals surface area contributed by atoms with Crippen LogP contribution in [0, 0.1) is 0 Å². The van der Waals surface area contributed by atoms with Gasteiger partial charge in [0.05, 0.1) is 41.8 Å². The molecule has 0 bridgehead atoms. The number of fused-ring (bicyclic) bond motifs is 2. The van der Waals surface area contributed by atoms with Crippen molar-refractivity contribution >= 4 is 38.5 Å². The molecule has 0 aromatic carbocycles. The normalized spacial score (nSPS) is 18.6. The van der Waals surface area contributed by atoms with Crippen LogP contribution in [-0.4, -0.2) is 72.1 Å². The zero-order valence-electron chi connectivity index (χ0n) is 18.5. The van der Waals surface area contributed by atoms with E-state index in [1.165, 1.54) is 23.6 Å². The van der Waals surface area contributed by atoms with Crippen molar-refractivity contribution in [3.05, 3.63) is 22.8 Å². The molecule has 0 radical (unpaired) electrons. The SMILES string of the molecule is COC(=O)c1nn2c(c1[Si](C)(C)C)C(O)n1nc(C(=O)OC)c([Si](C)(C)C)c1C2O. The molecule has 1 aliphatic rings. The van der Waals surface area contributed by atoms with Crippen LogP contribution in [0.1, 0.15) is 44.8 Å². The third kappa shape index (κ3) is 3.23. The van der Waals surface area contributed by atoms with Crippen molar-refractivity contribution in [3.8, 4) is 0 Å². The quantitative estimate of drug-likeness (QED) is 0.495. The number of hydrogen-bond donors (Lipinski definition) is 2. The summed E-state index contributed by atoms with van der Waals surface area (Å²) in [6.07, 6.45) is -2.66. The Kier molecular flexibility index (Phi) is 5.34. The molecule has 3 rings (SSSR count). The van der Waals surface area contributed by atoms with E-state index in [1.807, 2.05) is 39.3 Å². The number of rotatable bonds is 4. The Morgan fingerprint density at radius 2 is 1.07 bits per heavy atom. The van der Waals surface area contributed by atoms with Gasteiger partial charge in [-0.15, -0.1) is 0 Å². The van der Waals surface area contributed by atoms with Crippen LogP contribution >= 0.6 is 0 Å². The molecular weight excluding hydrogens is 424 g/mol. The Morgan fingerprint density at radius 3 is 1.30 bits per heavy atom. The molecule has 1 aliphatic heterocycles. The Morgan fingerprint density at radius 1 is 0.767 bits per heavy atom. The molecule has 12 heteroatoms. The Labute approximate surface area is 176 Å². The highest BCUT2D eigenvalue weighted by Gasteiger charge is 2.45. The summed E-state index contributed by atoms with van der Waals surface area (Å²) in [5.74, 6) is -1.26. The van der Waals surface area contributed by atoms with Crippen LogP contribution in [-0.2, 0) is 9.47 Å². The number of aliphatic hydroxyl groups is 2. The summed E-state index contributed by atoms with van der Waals surface area (Å²) < 4.78 is 12.3. The van der Waals surface area contributed by atoms with Gasteiger partial charge in [-0.05, 0) is 10.4 Å². The van der Waals surface area contributed by atoms with E-state index >= 15 is 0 Å². The standard InChI is InChI=1S/C18H28N4O6Si2/c1-27-17(25)9-13(29(3,4)5)11-15(23)22-12(16(24)21(11)19-9)14(30(6,7)8)10(20-22)18(26)28-2/h15-16,23-24H,1-8H3. The number of carbonyl (C=O) groups excluding carboxylic acids is 2. The Hall–Kier alpha value is -2.29. The fraction of sp³-hybridized carbons (Fsp3) is 0.556. The van der Waals surface area contributed by atoms with Crippen LogP contribution in [0.2, 0.25) is 39.3 Å². The van der Waals surface area contributed by atoms with Crippen molar-refractivity contribution < 1.29 is 29.3 Å². The van der Waals surface area contributed by atoms with E-state index in [9.17, 15) is 19.8 Å². The molecular formula is C18H28N4O6Si2. The summed E-state index contributed by atoms with van der Waals surface area (Å²) in [5.41, 5.74) is 0.739. The molecule has 2 aromatic heterocycles. The molecule has 0 fully saturated rings. The van der Waals surface area contributed by atoms with E-state index < -0.39 is 40.5 Å². The van der Waals surface area contributed by atoms with Gasteiger partial charge < -0.3 is 19.7 Å². The number of ether oxygens (including phenoxy) is 2. The zero-order valence-corrected chi connectivity index (χ0v) is 20.5. The van der Waals surface area contributed by atoms with Crippen LogP contribution in [0.3, 0.4) is 0 Å². The number of hydrogen-bond acceptors (Lipinski definition) is 8. The first-order valence-corrected chi connectivity index (χ1v) is 16.5. The Bertz CT molecular complexity index is 949. The average Bonchev–Trinajstić information content (AvgIpc) is 3.24. The predicted molar refractivity (Wildman–Crippen MR) is 114 cm³/mol. The van der Waals surface area contributed by atoms with E-state index in [0.717, 1.165) is 0 Å². The first kappa shape index (κ1) is 22.4. The van der Waals surface area contributed by atoms with Crippen molar-refractivity contribution in [2.24, 2.45) is 0 Å². The van der Waals surface area contributed by atoms with Gasteiger partial charge >= 0.3 is 11.9 Å². The molecule has 30 heavy (non-hydrogen) atoms. The van der Waals surface area contributed by atoms with Crippen molar-refractivity contribution in [1.29, 1.82) is 0 Å². The van der Waals surface area contributed by atoms with Crippen LogP contribution in [0.15, 0.2) is 0 Å². The maximum Gasteiger partial charge on any atom is 0.358 e. The molecule has 2 atom stereocenters. The molecule has 164 valence electrons. The van der Waals surface area contributed by atoms with Gasteiger partial charge in [-0.25, -0.2) is 19.0 Å². The van der Waals surface area contributed by atoms with Crippen LogP contribution < -0.4 is 10.4 Å². The molecule has 0 saturated heterocycles. The fourth-order valence-electron chi connectivity index (χ4n) is 3.95. The summed E-state index contributed by atoms with van der Waals surface area (Å²) in [7, 11) is -1.93. The van der Waals surface area contributed by atoms with E-state index in [2.05, 4.69) is 10.2 Å². The number of methoxy groups -OCH3 is 2. The molecule has 0 spiro atoms. The maximum absolute atomic E-state index is 12.4. The highest BCUT2D eigenvalue weighted by Crippen LogP contribution is 2.32. The van der Waals surface area contributed by atoms with E-state index in [4.69, 9.17) is 9.47 Å². The smallest absolute Gasteiger partial charge is 0.358 e. The zero-order chi connectivity index (χ0) is 22.8. The number of carbonyl (C=O) groups is 2. The second kappa shape index (κ2) is 7.15. The van der Waals surface area contributed by atoms with Crippen LogP contribution in [0.4, 0.5) is 0 Å². The topological polar surface area (TPSA) is 129 Å². The van der Waals surface area contributed by atoms with Crippen molar-refractivity contribution in [2.45, 2.75) is 51.7 Å². The van der Waals surface area contributed by atoms with Gasteiger partial charge in [-0.3, -0.25) is 0 Å². The van der Waals surface area contributed by atoms with Gasteiger partial charge in [-0.2, -0.15) is 10.2 Å². The molecule has 0 amide bonds. The third-order valence-electron chi connectivity index (χ3n) is 5.10. The lowest BCUT2D eigenvalue weighted by Gasteiger charge is -2.31. The van der Waals surface area contributed by atoms with Crippen molar-refractivity contribution in [2.75, 3.05) is 14.2 Å². The summed E-state index contributed by atoms with van der Waals surface area (Å²) >= 11 is 0. The number of esters is 2. The van der Waals surface area contributed by atoms with Gasteiger partial charge in [0.15, 0.2) is 23.8 Å². The van der Waals surface area contributed by atoms with Gasteiger partial charge in [0.25, 0.3) is 0 Å². The number of aromatic nitrogens is 4. The molecule has 3 heterocycles. The monoisotopic (exact) mass is 452 g/mol. The van der Waals surface area contributed by atoms with Gasteiger partial charge in [0.1, 0.15) is 0 Å². The highest BCUT2D eigenvalue weighted by atomic mass is 28.3. The minimum Gasteiger partial charge on any atom is -0.464 e. The largest absolute Gasteiger partial charge is 0.464 e. The van der Waals surface area contributed by atoms with E-state index in [-0.39, 0.29) is 22.8 Å². The molecule has 2 aromatic rings. The fourth-order valence-corrected chi connectivity index (χ4v) is 7.70. The summed E-state index contributed by atoms with van der Waals surface area (Å²) in [4.78, 5) is 24.8. The van der Waals surface area contributed by atoms with Crippen LogP contribution in [0.5, 0.6) is 0 Å².